The summed E-state index contributed by atoms with van der Waals surface area (Å²) < 4.78 is 7.86. The topological polar surface area (TPSA) is 87.1 Å². The molecule has 1 fully saturated rings. The molecule has 0 saturated carbocycles. The fourth-order valence-corrected chi connectivity index (χ4v) is 3.66. The first kappa shape index (κ1) is 14.3. The van der Waals surface area contributed by atoms with Gasteiger partial charge in [-0.3, -0.25) is 5.32 Å². The van der Waals surface area contributed by atoms with E-state index in [-0.39, 0.29) is 6.03 Å². The minimum Gasteiger partial charge on any atom is -0.352 e. The third-order valence-electron chi connectivity index (χ3n) is 3.70. The van der Waals surface area contributed by atoms with Crippen LogP contribution in [0.25, 0.3) is 10.2 Å². The molecule has 3 aromatic heterocycles. The molecule has 0 atom stereocenters. The summed E-state index contributed by atoms with van der Waals surface area (Å²) in [5.74, 6) is 1.44. The van der Waals surface area contributed by atoms with Crippen LogP contribution in [0.5, 0.6) is 0 Å². The fourth-order valence-electron chi connectivity index (χ4n) is 2.56. The molecule has 1 N–H and O–H groups in total. The van der Waals surface area contributed by atoms with E-state index in [1.165, 1.54) is 0 Å². The highest BCUT2D eigenvalue weighted by Crippen LogP contribution is 2.27. The lowest BCUT2D eigenvalue weighted by molar-refractivity contribution is 0.208. The summed E-state index contributed by atoms with van der Waals surface area (Å²) in [7, 11) is 0. The molecule has 1 aliphatic heterocycles. The average Bonchev–Trinajstić information content (AvgIpc) is 3.25. The van der Waals surface area contributed by atoms with Crippen molar-refractivity contribution in [2.45, 2.75) is 0 Å². The van der Waals surface area contributed by atoms with Gasteiger partial charge in [-0.25, -0.2) is 14.8 Å². The van der Waals surface area contributed by atoms with Crippen LogP contribution in [0.3, 0.4) is 0 Å². The van der Waals surface area contributed by atoms with Gasteiger partial charge in [0.15, 0.2) is 5.82 Å². The maximum absolute atomic E-state index is 12.2. The van der Waals surface area contributed by atoms with Gasteiger partial charge in [0.05, 0.1) is 23.3 Å². The van der Waals surface area contributed by atoms with Gasteiger partial charge in [-0.1, -0.05) is 0 Å². The molecule has 0 spiro atoms. The van der Waals surface area contributed by atoms with Crippen LogP contribution < -0.4 is 10.2 Å². The molecule has 4 rings (SSSR count). The Labute approximate surface area is 140 Å². The van der Waals surface area contributed by atoms with Gasteiger partial charge in [0.25, 0.3) is 0 Å². The minimum atomic E-state index is -0.138. The summed E-state index contributed by atoms with van der Waals surface area (Å²) in [6.45, 7) is 2.76. The van der Waals surface area contributed by atoms with Crippen molar-refractivity contribution in [3.63, 3.8) is 0 Å². The van der Waals surface area contributed by atoms with E-state index in [9.17, 15) is 4.79 Å². The third-order valence-corrected chi connectivity index (χ3v) is 5.00. The first-order valence-corrected chi connectivity index (χ1v) is 8.69. The summed E-state index contributed by atoms with van der Waals surface area (Å²) >= 11 is 2.68. The van der Waals surface area contributed by atoms with E-state index in [1.807, 2.05) is 11.4 Å². The van der Waals surface area contributed by atoms with Gasteiger partial charge >= 0.3 is 6.03 Å². The Kier molecular flexibility index (Phi) is 3.75. The number of nitrogens with one attached hydrogen (secondary N) is 1. The van der Waals surface area contributed by atoms with Crippen molar-refractivity contribution in [1.29, 1.82) is 0 Å². The second-order valence-corrected chi connectivity index (χ2v) is 6.48. The molecule has 0 unspecified atom stereocenters. The van der Waals surface area contributed by atoms with Crippen LogP contribution in [0.2, 0.25) is 0 Å². The predicted molar refractivity (Wildman–Crippen MR) is 90.1 cm³/mol. The Morgan fingerprint density at radius 2 is 2.09 bits per heavy atom. The number of aromatic nitrogens is 4. The Bertz CT molecular complexity index is 811. The van der Waals surface area contributed by atoms with Crippen LogP contribution in [-0.4, -0.2) is 55.8 Å². The van der Waals surface area contributed by atoms with Gasteiger partial charge in [-0.15, -0.1) is 11.3 Å². The lowest BCUT2D eigenvalue weighted by Crippen LogP contribution is -2.50. The van der Waals surface area contributed by atoms with Gasteiger partial charge in [0, 0.05) is 26.2 Å². The first-order chi connectivity index (χ1) is 11.3. The number of anilines is 2. The molecule has 1 aliphatic rings. The van der Waals surface area contributed by atoms with Crippen molar-refractivity contribution in [2.24, 2.45) is 0 Å². The predicted octanol–water partition coefficient (Wildman–Crippen LogP) is 1.90. The highest BCUT2D eigenvalue weighted by Gasteiger charge is 2.23. The largest absolute Gasteiger partial charge is 0.352 e. The van der Waals surface area contributed by atoms with Crippen LogP contribution >= 0.6 is 23.1 Å². The van der Waals surface area contributed by atoms with Crippen LogP contribution in [-0.2, 0) is 0 Å². The van der Waals surface area contributed by atoms with E-state index >= 15 is 0 Å². The van der Waals surface area contributed by atoms with Crippen molar-refractivity contribution in [3.05, 3.63) is 24.0 Å². The number of piperazine rings is 1. The molecule has 0 aromatic carbocycles. The lowest BCUT2D eigenvalue weighted by atomic mass is 10.3. The number of thiophene rings is 1. The number of amides is 2. The summed E-state index contributed by atoms with van der Waals surface area (Å²) in [5, 5.41) is 5.85. The number of hydrogen-bond acceptors (Lipinski definition) is 8. The van der Waals surface area contributed by atoms with E-state index in [2.05, 4.69) is 28.9 Å². The van der Waals surface area contributed by atoms with Crippen LogP contribution in [0, 0.1) is 0 Å². The van der Waals surface area contributed by atoms with Crippen LogP contribution in [0.4, 0.5) is 16.4 Å². The zero-order valence-corrected chi connectivity index (χ0v) is 13.7. The zero-order valence-electron chi connectivity index (χ0n) is 12.0. The molecule has 1 saturated heterocycles. The van der Waals surface area contributed by atoms with Gasteiger partial charge in [0.2, 0.25) is 0 Å². The summed E-state index contributed by atoms with van der Waals surface area (Å²) in [4.78, 5) is 25.9. The van der Waals surface area contributed by atoms with Crippen molar-refractivity contribution < 1.29 is 4.79 Å². The number of carbonyl (C=O) groups is 1. The second-order valence-electron chi connectivity index (χ2n) is 5.03. The lowest BCUT2D eigenvalue weighted by Gasteiger charge is -2.35. The standard InChI is InChI=1S/C13H13N7OS2/c21-13(17-10-7-16-23-18-10)20-4-2-19(3-5-20)11-9-1-6-22-12(9)15-8-14-11/h1,6-8H,2-5H2,(H,17,18,21). The van der Waals surface area contributed by atoms with E-state index in [1.54, 1.807) is 28.8 Å². The molecule has 0 bridgehead atoms. The monoisotopic (exact) mass is 347 g/mol. The van der Waals surface area contributed by atoms with Crippen molar-refractivity contribution >= 4 is 50.9 Å². The fraction of sp³-hybridized carbons (Fsp3) is 0.308. The van der Waals surface area contributed by atoms with E-state index in [0.717, 1.165) is 40.9 Å². The number of fused-ring (bicyclic) bond motifs is 1. The highest BCUT2D eigenvalue weighted by atomic mass is 32.1. The second kappa shape index (κ2) is 6.05. The molecule has 10 heteroatoms. The van der Waals surface area contributed by atoms with Crippen molar-refractivity contribution in [1.82, 2.24) is 23.6 Å². The molecule has 3 aromatic rings. The van der Waals surface area contributed by atoms with Gasteiger partial charge < -0.3 is 9.80 Å². The van der Waals surface area contributed by atoms with Gasteiger partial charge in [-0.2, -0.15) is 8.75 Å². The summed E-state index contributed by atoms with van der Waals surface area (Å²) in [5.41, 5.74) is 0. The maximum Gasteiger partial charge on any atom is 0.323 e. The van der Waals surface area contributed by atoms with Crippen LogP contribution in [0.1, 0.15) is 0 Å². The van der Waals surface area contributed by atoms with E-state index in [4.69, 9.17) is 0 Å². The molecule has 23 heavy (non-hydrogen) atoms. The number of nitrogens with zero attached hydrogens (tertiary/aromatic N) is 6. The average molecular weight is 347 g/mol. The molecular weight excluding hydrogens is 334 g/mol. The Morgan fingerprint density at radius 3 is 2.87 bits per heavy atom. The van der Waals surface area contributed by atoms with Gasteiger partial charge in [0.1, 0.15) is 17.0 Å². The van der Waals surface area contributed by atoms with Crippen molar-refractivity contribution in [2.75, 3.05) is 36.4 Å². The smallest absolute Gasteiger partial charge is 0.323 e. The molecule has 118 valence electrons. The molecule has 8 nitrogen and oxygen atoms in total. The van der Waals surface area contributed by atoms with E-state index in [0.29, 0.717) is 18.9 Å². The number of urea groups is 1. The maximum atomic E-state index is 12.2. The first-order valence-electron chi connectivity index (χ1n) is 7.08. The van der Waals surface area contributed by atoms with Gasteiger partial charge in [-0.05, 0) is 11.4 Å². The highest BCUT2D eigenvalue weighted by molar-refractivity contribution is 7.16. The van der Waals surface area contributed by atoms with Crippen LogP contribution in [0.15, 0.2) is 24.0 Å². The molecule has 2 amide bonds. The zero-order chi connectivity index (χ0) is 15.6. The normalized spacial score (nSPS) is 15.1. The molecule has 0 aliphatic carbocycles. The Balaban J connectivity index is 1.43. The molecule has 0 radical (unpaired) electrons. The summed E-state index contributed by atoms with van der Waals surface area (Å²) in [6.07, 6.45) is 3.15. The van der Waals surface area contributed by atoms with Crippen molar-refractivity contribution in [3.8, 4) is 0 Å². The Morgan fingerprint density at radius 1 is 1.22 bits per heavy atom. The number of carbonyl (C=O) groups excluding carboxylic acids is 1. The molecular formula is C13H13N7OS2. The quantitative estimate of drug-likeness (QED) is 0.762. The molecule has 4 heterocycles. The van der Waals surface area contributed by atoms with E-state index < -0.39 is 0 Å². The number of hydrogen-bond donors (Lipinski definition) is 1. The minimum absolute atomic E-state index is 0.138. The third kappa shape index (κ3) is 2.82. The Hall–Kier alpha value is -2.33. The SMILES string of the molecule is O=C(Nc1cnsn1)N1CCN(c2ncnc3sccc23)CC1. The summed E-state index contributed by atoms with van der Waals surface area (Å²) in [6, 6.07) is 1.91. The number of rotatable bonds is 2.